The van der Waals surface area contributed by atoms with Crippen LogP contribution in [0.25, 0.3) is 0 Å². The average molecular weight is 593 g/mol. The maximum atomic E-state index is 15.5. The molecule has 0 aliphatic rings. The van der Waals surface area contributed by atoms with Crippen LogP contribution >= 0.6 is 23.2 Å². The molecule has 0 unspecified atom stereocenters. The number of anilines is 2. The summed E-state index contributed by atoms with van der Waals surface area (Å²) in [7, 11) is -2.98. The van der Waals surface area contributed by atoms with Gasteiger partial charge in [-0.1, -0.05) is 29.3 Å². The number of rotatable bonds is 9. The topological polar surface area (TPSA) is 84.4 Å². The van der Waals surface area contributed by atoms with Gasteiger partial charge in [-0.05, 0) is 67.4 Å². The second-order valence-corrected chi connectivity index (χ2v) is 11.3. The Balaban J connectivity index is 1.71. The summed E-state index contributed by atoms with van der Waals surface area (Å²) in [6.45, 7) is 3.29. The van der Waals surface area contributed by atoms with Crippen molar-refractivity contribution >= 4 is 44.7 Å². The number of halogens is 4. The summed E-state index contributed by atoms with van der Waals surface area (Å²) in [5, 5.41) is 3.17. The van der Waals surface area contributed by atoms with Crippen molar-refractivity contribution in [3.05, 3.63) is 105 Å². The van der Waals surface area contributed by atoms with Gasteiger partial charge in [0.2, 0.25) is 0 Å². The number of ether oxygens (including phenoxy) is 1. The molecule has 12 heteroatoms. The highest BCUT2D eigenvalue weighted by molar-refractivity contribution is 7.92. The molecule has 0 amide bonds. The van der Waals surface area contributed by atoms with E-state index in [-0.39, 0.29) is 28.6 Å². The van der Waals surface area contributed by atoms with Gasteiger partial charge in [0.1, 0.15) is 22.3 Å². The van der Waals surface area contributed by atoms with Gasteiger partial charge in [-0.25, -0.2) is 26.5 Å². The van der Waals surface area contributed by atoms with Gasteiger partial charge in [0.15, 0.2) is 5.82 Å². The highest BCUT2D eigenvalue weighted by atomic mass is 35.5. The third-order valence-corrected chi connectivity index (χ3v) is 8.37. The number of hydrogen-bond donors (Lipinski definition) is 1. The van der Waals surface area contributed by atoms with Crippen LogP contribution in [0, 0.1) is 18.6 Å². The molecule has 0 saturated heterocycles. The Bertz CT molecular complexity index is 1610. The van der Waals surface area contributed by atoms with Gasteiger partial charge in [0.05, 0.1) is 36.6 Å². The largest absolute Gasteiger partial charge is 0.497 e. The third-order valence-electron chi connectivity index (χ3n) is 6.05. The van der Waals surface area contributed by atoms with E-state index >= 15 is 4.39 Å². The van der Waals surface area contributed by atoms with Crippen LogP contribution in [-0.4, -0.2) is 25.5 Å². The zero-order chi connectivity index (χ0) is 28.3. The van der Waals surface area contributed by atoms with Gasteiger partial charge in [0.25, 0.3) is 10.0 Å². The van der Waals surface area contributed by atoms with Crippen LogP contribution < -0.4 is 14.4 Å². The molecular weight excluding hydrogens is 569 g/mol. The first-order valence-electron chi connectivity index (χ1n) is 11.6. The van der Waals surface area contributed by atoms with Gasteiger partial charge in [-0.2, -0.15) is 0 Å². The molecular formula is C27H24Cl2F2N4O3S. The second kappa shape index (κ2) is 11.7. The van der Waals surface area contributed by atoms with Crippen molar-refractivity contribution in [2.45, 2.75) is 31.3 Å². The quantitative estimate of drug-likeness (QED) is 0.226. The van der Waals surface area contributed by atoms with E-state index in [2.05, 4.69) is 15.3 Å². The average Bonchev–Trinajstić information content (AvgIpc) is 2.91. The van der Waals surface area contributed by atoms with Crippen molar-refractivity contribution in [1.82, 2.24) is 9.97 Å². The van der Waals surface area contributed by atoms with Crippen molar-refractivity contribution in [2.75, 3.05) is 16.7 Å². The highest BCUT2D eigenvalue weighted by Gasteiger charge is 2.31. The molecule has 0 saturated carbocycles. The highest BCUT2D eigenvalue weighted by Crippen LogP contribution is 2.34. The van der Waals surface area contributed by atoms with Crippen LogP contribution in [0.3, 0.4) is 0 Å². The molecule has 1 aromatic heterocycles. The first-order valence-corrected chi connectivity index (χ1v) is 13.8. The lowest BCUT2D eigenvalue weighted by Gasteiger charge is -2.25. The van der Waals surface area contributed by atoms with E-state index in [0.717, 1.165) is 22.0 Å². The summed E-state index contributed by atoms with van der Waals surface area (Å²) in [6.07, 6.45) is 4.01. The summed E-state index contributed by atoms with van der Waals surface area (Å²) >= 11 is 12.4. The minimum Gasteiger partial charge on any atom is -0.497 e. The van der Waals surface area contributed by atoms with E-state index in [1.54, 1.807) is 32.0 Å². The van der Waals surface area contributed by atoms with Gasteiger partial charge >= 0.3 is 0 Å². The monoisotopic (exact) mass is 592 g/mol. The first kappa shape index (κ1) is 28.5. The molecule has 4 rings (SSSR count). The lowest BCUT2D eigenvalue weighted by molar-refractivity contribution is 0.414. The number of nitrogens with zero attached hydrogens (tertiary/aromatic N) is 3. The molecule has 3 aromatic carbocycles. The minimum atomic E-state index is -4.51. The minimum absolute atomic E-state index is 0.00417. The second-order valence-electron chi connectivity index (χ2n) is 8.66. The van der Waals surface area contributed by atoms with Gasteiger partial charge in [0, 0.05) is 23.0 Å². The van der Waals surface area contributed by atoms with Crippen LogP contribution in [0.1, 0.15) is 29.7 Å². The van der Waals surface area contributed by atoms with Crippen LogP contribution in [0.5, 0.6) is 5.75 Å². The molecule has 0 radical (unpaired) electrons. The number of benzene rings is 3. The van der Waals surface area contributed by atoms with Crippen molar-refractivity contribution in [3.8, 4) is 5.75 Å². The van der Waals surface area contributed by atoms with E-state index in [4.69, 9.17) is 27.9 Å². The van der Waals surface area contributed by atoms with E-state index in [9.17, 15) is 12.8 Å². The zero-order valence-corrected chi connectivity index (χ0v) is 23.5. The Morgan fingerprint density at radius 3 is 2.49 bits per heavy atom. The third kappa shape index (κ3) is 6.24. The van der Waals surface area contributed by atoms with Crippen LogP contribution in [0.4, 0.5) is 20.3 Å². The molecule has 0 fully saturated rings. The molecule has 4 aromatic rings. The number of sulfonamides is 1. The summed E-state index contributed by atoms with van der Waals surface area (Å²) < 4.78 is 63.6. The Hall–Kier alpha value is -3.47. The Morgan fingerprint density at radius 2 is 1.82 bits per heavy atom. The van der Waals surface area contributed by atoms with Crippen molar-refractivity contribution in [3.63, 3.8) is 0 Å². The standard InChI is InChI=1S/C27H24Cl2F2N4O3S/c1-16-10-20(38-3)6-4-18(16)15-35(27-14-32-8-9-33-27)39(36,37)26-12-22(29)25(13-24(26)31)34-17(2)21-11-19(28)5-7-23(21)30/h4-14,17,34H,15H2,1-3H3/t17-/m0/s1. The molecule has 204 valence electrons. The predicted octanol–water partition coefficient (Wildman–Crippen LogP) is 6.95. The molecule has 1 N–H and O–H groups in total. The Kier molecular flexibility index (Phi) is 8.58. The summed E-state index contributed by atoms with van der Waals surface area (Å²) in [6, 6.07) is 10.6. The summed E-state index contributed by atoms with van der Waals surface area (Å²) in [5.74, 6) is -0.960. The molecule has 1 atom stereocenters. The van der Waals surface area contributed by atoms with E-state index in [0.29, 0.717) is 16.3 Å². The fourth-order valence-electron chi connectivity index (χ4n) is 3.95. The van der Waals surface area contributed by atoms with E-state index in [1.807, 2.05) is 0 Å². The van der Waals surface area contributed by atoms with Gasteiger partial charge in [-0.15, -0.1) is 0 Å². The van der Waals surface area contributed by atoms with E-state index < -0.39 is 32.6 Å². The van der Waals surface area contributed by atoms with Crippen LogP contribution in [0.2, 0.25) is 10.0 Å². The van der Waals surface area contributed by atoms with Gasteiger partial charge < -0.3 is 10.1 Å². The summed E-state index contributed by atoms with van der Waals surface area (Å²) in [5.41, 5.74) is 1.72. The molecule has 0 spiro atoms. The normalized spacial score (nSPS) is 12.2. The molecule has 7 nitrogen and oxygen atoms in total. The number of aromatic nitrogens is 2. The zero-order valence-electron chi connectivity index (χ0n) is 21.1. The Morgan fingerprint density at radius 1 is 1.05 bits per heavy atom. The lowest BCUT2D eigenvalue weighted by atomic mass is 10.1. The number of nitrogens with one attached hydrogen (secondary N) is 1. The first-order chi connectivity index (χ1) is 18.5. The molecule has 1 heterocycles. The van der Waals surface area contributed by atoms with E-state index in [1.165, 1.54) is 43.9 Å². The SMILES string of the molecule is COc1ccc(CN(c2cnccn2)S(=O)(=O)c2cc(Cl)c(N[C@@H](C)c3cc(Cl)ccc3F)cc2F)c(C)c1. The smallest absolute Gasteiger partial charge is 0.268 e. The fourth-order valence-corrected chi connectivity index (χ4v) is 5.87. The molecule has 0 aliphatic heterocycles. The van der Waals surface area contributed by atoms with Gasteiger partial charge in [-0.3, -0.25) is 4.98 Å². The van der Waals surface area contributed by atoms with Crippen LogP contribution in [-0.2, 0) is 16.6 Å². The maximum absolute atomic E-state index is 15.5. The Labute approximate surface area is 235 Å². The fraction of sp³-hybridized carbons (Fsp3) is 0.185. The lowest BCUT2D eigenvalue weighted by Crippen LogP contribution is -2.32. The van der Waals surface area contributed by atoms with Crippen LogP contribution in [0.15, 0.2) is 72.0 Å². The maximum Gasteiger partial charge on any atom is 0.268 e. The molecule has 0 bridgehead atoms. The number of methoxy groups -OCH3 is 1. The molecule has 0 aliphatic carbocycles. The summed E-state index contributed by atoms with van der Waals surface area (Å²) in [4.78, 5) is 7.45. The number of hydrogen-bond acceptors (Lipinski definition) is 6. The molecule has 39 heavy (non-hydrogen) atoms. The van der Waals surface area contributed by atoms with Crippen molar-refractivity contribution < 1.29 is 21.9 Å². The van der Waals surface area contributed by atoms with Crippen molar-refractivity contribution in [2.24, 2.45) is 0 Å². The predicted molar refractivity (Wildman–Crippen MR) is 148 cm³/mol. The number of aryl methyl sites for hydroxylation is 1. The van der Waals surface area contributed by atoms with Crippen molar-refractivity contribution in [1.29, 1.82) is 0 Å².